The quantitative estimate of drug-likeness (QED) is 0.867. The van der Waals surface area contributed by atoms with E-state index in [4.69, 9.17) is 4.74 Å². The van der Waals surface area contributed by atoms with E-state index in [2.05, 4.69) is 9.97 Å². The second kappa shape index (κ2) is 6.73. The molecule has 0 atom stereocenters. The number of ether oxygens (including phenoxy) is 1. The van der Waals surface area contributed by atoms with Crippen LogP contribution in [0, 0.1) is 5.82 Å². The van der Waals surface area contributed by atoms with Crippen LogP contribution in [-0.4, -0.2) is 33.6 Å². The fourth-order valence-corrected chi connectivity index (χ4v) is 2.05. The van der Waals surface area contributed by atoms with Crippen molar-refractivity contribution in [2.24, 2.45) is 0 Å². The monoisotopic (exact) mass is 317 g/mol. The molecule has 23 heavy (non-hydrogen) atoms. The zero-order valence-electron chi connectivity index (χ0n) is 13.7. The topological polar surface area (TPSA) is 55.3 Å². The molecule has 0 saturated heterocycles. The number of amides is 1. The third-order valence-corrected chi connectivity index (χ3v) is 3.08. The average Bonchev–Trinajstić information content (AvgIpc) is 2.48. The number of rotatable bonds is 3. The number of carbonyl (C=O) groups excluding carboxylic acids is 1. The van der Waals surface area contributed by atoms with Crippen LogP contribution in [0.3, 0.4) is 0 Å². The van der Waals surface area contributed by atoms with Crippen LogP contribution in [0.2, 0.25) is 0 Å². The number of nitrogens with zero attached hydrogens (tertiary/aromatic N) is 3. The fourth-order valence-electron chi connectivity index (χ4n) is 2.05. The Morgan fingerprint density at radius 3 is 2.65 bits per heavy atom. The van der Waals surface area contributed by atoms with Gasteiger partial charge in [-0.25, -0.2) is 19.2 Å². The summed E-state index contributed by atoms with van der Waals surface area (Å²) < 4.78 is 19.6. The summed E-state index contributed by atoms with van der Waals surface area (Å²) in [5.74, 6) is -0.392. The lowest BCUT2D eigenvalue weighted by atomic mass is 10.0. The SMILES string of the molecule is CN(Cc1c(F)cccc1-c1ccncn1)C(=O)OC(C)(C)C. The van der Waals surface area contributed by atoms with E-state index in [9.17, 15) is 9.18 Å². The van der Waals surface area contributed by atoms with Gasteiger partial charge in [-0.05, 0) is 32.9 Å². The number of benzene rings is 1. The second-order valence-electron chi connectivity index (χ2n) is 6.20. The predicted molar refractivity (Wildman–Crippen MR) is 85.1 cm³/mol. The number of hydrogen-bond acceptors (Lipinski definition) is 4. The first-order valence-corrected chi connectivity index (χ1v) is 7.26. The van der Waals surface area contributed by atoms with Crippen molar-refractivity contribution >= 4 is 6.09 Å². The van der Waals surface area contributed by atoms with E-state index in [1.165, 1.54) is 17.3 Å². The van der Waals surface area contributed by atoms with Crippen LogP contribution >= 0.6 is 0 Å². The van der Waals surface area contributed by atoms with Gasteiger partial charge < -0.3 is 9.64 Å². The predicted octanol–water partition coefficient (Wildman–Crippen LogP) is 3.65. The van der Waals surface area contributed by atoms with Crippen molar-refractivity contribution in [2.75, 3.05) is 7.05 Å². The Morgan fingerprint density at radius 2 is 2.04 bits per heavy atom. The van der Waals surface area contributed by atoms with E-state index in [-0.39, 0.29) is 6.54 Å². The first-order chi connectivity index (χ1) is 10.8. The molecule has 0 aliphatic rings. The fraction of sp³-hybridized carbons (Fsp3) is 0.353. The minimum Gasteiger partial charge on any atom is -0.444 e. The molecule has 0 saturated carbocycles. The molecule has 1 amide bonds. The van der Waals surface area contributed by atoms with Gasteiger partial charge in [0.2, 0.25) is 0 Å². The minimum absolute atomic E-state index is 0.0842. The molecule has 1 aromatic carbocycles. The molecule has 0 aliphatic carbocycles. The molecular formula is C17H20FN3O2. The van der Waals surface area contributed by atoms with Crippen LogP contribution in [-0.2, 0) is 11.3 Å². The normalized spacial score (nSPS) is 11.2. The molecule has 0 fully saturated rings. The Labute approximate surface area is 135 Å². The number of carbonyl (C=O) groups is 1. The molecule has 122 valence electrons. The number of aromatic nitrogens is 2. The van der Waals surface area contributed by atoms with Crippen LogP contribution in [0.15, 0.2) is 36.8 Å². The highest BCUT2D eigenvalue weighted by Crippen LogP contribution is 2.25. The van der Waals surface area contributed by atoms with Crippen LogP contribution in [0.5, 0.6) is 0 Å². The van der Waals surface area contributed by atoms with E-state index in [1.54, 1.807) is 52.2 Å². The maximum absolute atomic E-state index is 14.3. The second-order valence-corrected chi connectivity index (χ2v) is 6.20. The highest BCUT2D eigenvalue weighted by Gasteiger charge is 2.21. The lowest BCUT2D eigenvalue weighted by Gasteiger charge is -2.25. The number of halogens is 1. The van der Waals surface area contributed by atoms with Crippen LogP contribution < -0.4 is 0 Å². The van der Waals surface area contributed by atoms with Crippen molar-refractivity contribution in [3.63, 3.8) is 0 Å². The van der Waals surface area contributed by atoms with Crippen molar-refractivity contribution in [1.82, 2.24) is 14.9 Å². The van der Waals surface area contributed by atoms with Gasteiger partial charge in [0.15, 0.2) is 0 Å². The molecule has 0 aliphatic heterocycles. The molecule has 1 heterocycles. The summed E-state index contributed by atoms with van der Waals surface area (Å²) in [7, 11) is 1.57. The first kappa shape index (κ1) is 16.9. The highest BCUT2D eigenvalue weighted by molar-refractivity contribution is 5.69. The summed E-state index contributed by atoms with van der Waals surface area (Å²) in [6, 6.07) is 6.45. The maximum atomic E-state index is 14.3. The van der Waals surface area contributed by atoms with E-state index in [1.807, 2.05) is 0 Å². The third kappa shape index (κ3) is 4.48. The molecule has 2 rings (SSSR count). The Morgan fingerprint density at radius 1 is 1.30 bits per heavy atom. The first-order valence-electron chi connectivity index (χ1n) is 7.26. The van der Waals surface area contributed by atoms with Gasteiger partial charge in [-0.2, -0.15) is 0 Å². The zero-order chi connectivity index (χ0) is 17.0. The summed E-state index contributed by atoms with van der Waals surface area (Å²) in [5, 5.41) is 0. The smallest absolute Gasteiger partial charge is 0.410 e. The largest absolute Gasteiger partial charge is 0.444 e. The van der Waals surface area contributed by atoms with E-state index < -0.39 is 17.5 Å². The summed E-state index contributed by atoms with van der Waals surface area (Å²) in [6.45, 7) is 5.44. The van der Waals surface area contributed by atoms with Gasteiger partial charge in [0.1, 0.15) is 17.7 Å². The van der Waals surface area contributed by atoms with Crippen molar-refractivity contribution < 1.29 is 13.9 Å². The molecular weight excluding hydrogens is 297 g/mol. The molecule has 1 aromatic heterocycles. The third-order valence-electron chi connectivity index (χ3n) is 3.08. The summed E-state index contributed by atoms with van der Waals surface area (Å²) in [4.78, 5) is 21.4. The van der Waals surface area contributed by atoms with Crippen LogP contribution in [0.25, 0.3) is 11.3 Å². The van der Waals surface area contributed by atoms with Crippen molar-refractivity contribution in [3.05, 3.63) is 48.2 Å². The van der Waals surface area contributed by atoms with Crippen LogP contribution in [0.1, 0.15) is 26.3 Å². The Kier molecular flexibility index (Phi) is 4.93. The van der Waals surface area contributed by atoms with E-state index in [0.29, 0.717) is 16.8 Å². The molecule has 0 bridgehead atoms. The van der Waals surface area contributed by atoms with Crippen molar-refractivity contribution in [1.29, 1.82) is 0 Å². The lowest BCUT2D eigenvalue weighted by Crippen LogP contribution is -2.34. The Bertz CT molecular complexity index is 684. The summed E-state index contributed by atoms with van der Waals surface area (Å²) in [6.07, 6.45) is 2.49. The number of hydrogen-bond donors (Lipinski definition) is 0. The minimum atomic E-state index is -0.601. The summed E-state index contributed by atoms with van der Waals surface area (Å²) >= 11 is 0. The zero-order valence-corrected chi connectivity index (χ0v) is 13.7. The molecule has 0 radical (unpaired) electrons. The Balaban J connectivity index is 2.28. The molecule has 0 unspecified atom stereocenters. The van der Waals surface area contributed by atoms with Gasteiger partial charge >= 0.3 is 6.09 Å². The standard InChI is InChI=1S/C17H20FN3O2/c1-17(2,3)23-16(22)21(4)10-13-12(6-5-7-14(13)18)15-8-9-19-11-20-15/h5-9,11H,10H2,1-4H3. The Hall–Kier alpha value is -2.50. The van der Waals surface area contributed by atoms with Gasteiger partial charge in [0.05, 0.1) is 12.2 Å². The lowest BCUT2D eigenvalue weighted by molar-refractivity contribution is 0.0284. The van der Waals surface area contributed by atoms with Gasteiger partial charge in [0.25, 0.3) is 0 Å². The molecule has 0 spiro atoms. The maximum Gasteiger partial charge on any atom is 0.410 e. The van der Waals surface area contributed by atoms with Gasteiger partial charge in [-0.15, -0.1) is 0 Å². The molecule has 6 heteroatoms. The van der Waals surface area contributed by atoms with Crippen LogP contribution in [0.4, 0.5) is 9.18 Å². The van der Waals surface area contributed by atoms with E-state index in [0.717, 1.165) is 0 Å². The molecule has 0 N–H and O–H groups in total. The summed E-state index contributed by atoms with van der Waals surface area (Å²) in [5.41, 5.74) is 1.02. The van der Waals surface area contributed by atoms with Gasteiger partial charge in [0, 0.05) is 24.4 Å². The highest BCUT2D eigenvalue weighted by atomic mass is 19.1. The molecule has 5 nitrogen and oxygen atoms in total. The van der Waals surface area contributed by atoms with Crippen molar-refractivity contribution in [2.45, 2.75) is 32.9 Å². The van der Waals surface area contributed by atoms with E-state index >= 15 is 0 Å². The molecule has 2 aromatic rings. The van der Waals surface area contributed by atoms with Gasteiger partial charge in [-0.3, -0.25) is 0 Å². The van der Waals surface area contributed by atoms with Crippen molar-refractivity contribution in [3.8, 4) is 11.3 Å². The van der Waals surface area contributed by atoms with Gasteiger partial charge in [-0.1, -0.05) is 12.1 Å². The average molecular weight is 317 g/mol.